The molecule has 0 fully saturated rings. The number of anilines is 1. The van der Waals surface area contributed by atoms with Gasteiger partial charge < -0.3 is 10.3 Å². The molecule has 4 aromatic rings. The van der Waals surface area contributed by atoms with Crippen LogP contribution in [0.5, 0.6) is 0 Å². The van der Waals surface area contributed by atoms with Gasteiger partial charge in [0, 0.05) is 5.56 Å². The summed E-state index contributed by atoms with van der Waals surface area (Å²) in [5, 5.41) is 2.84. The zero-order valence-corrected chi connectivity index (χ0v) is 18.4. The molecule has 1 heterocycles. The molecule has 9 heteroatoms. The zero-order chi connectivity index (χ0) is 23.4. The highest BCUT2D eigenvalue weighted by molar-refractivity contribution is 7.92. The van der Waals surface area contributed by atoms with Crippen LogP contribution in [-0.2, 0) is 10.0 Å². The SMILES string of the molecule is CC(NC(=O)c1ccc(S(=O)(=O)Nc2ccccc2F)cc1)c1ncc(-c2ccccc2)[nH]1. The summed E-state index contributed by atoms with van der Waals surface area (Å²) >= 11 is 0. The first-order valence-corrected chi connectivity index (χ1v) is 11.6. The molecule has 0 spiro atoms. The van der Waals surface area contributed by atoms with Gasteiger partial charge in [-0.1, -0.05) is 42.5 Å². The molecule has 0 aliphatic heterocycles. The third-order valence-electron chi connectivity index (χ3n) is 4.98. The Bertz CT molecular complexity index is 1370. The minimum atomic E-state index is -4.00. The summed E-state index contributed by atoms with van der Waals surface area (Å²) in [6, 6.07) is 20.2. The van der Waals surface area contributed by atoms with Gasteiger partial charge in [-0.05, 0) is 48.9 Å². The van der Waals surface area contributed by atoms with Gasteiger partial charge >= 0.3 is 0 Å². The molecule has 0 bridgehead atoms. The Morgan fingerprint density at radius 2 is 1.64 bits per heavy atom. The molecule has 1 unspecified atom stereocenters. The third kappa shape index (κ3) is 5.09. The van der Waals surface area contributed by atoms with E-state index >= 15 is 0 Å². The topological polar surface area (TPSA) is 104 Å². The van der Waals surface area contributed by atoms with Crippen LogP contribution < -0.4 is 10.0 Å². The Morgan fingerprint density at radius 1 is 0.970 bits per heavy atom. The number of carbonyl (C=O) groups is 1. The number of nitrogens with zero attached hydrogens (tertiary/aromatic N) is 1. The van der Waals surface area contributed by atoms with Crippen LogP contribution in [-0.4, -0.2) is 24.3 Å². The molecule has 7 nitrogen and oxygen atoms in total. The minimum absolute atomic E-state index is 0.0890. The number of hydrogen-bond acceptors (Lipinski definition) is 4. The molecular weight excluding hydrogens is 443 g/mol. The quantitative estimate of drug-likeness (QED) is 0.374. The second-order valence-corrected chi connectivity index (χ2v) is 9.04. The highest BCUT2D eigenvalue weighted by Crippen LogP contribution is 2.21. The van der Waals surface area contributed by atoms with Crippen LogP contribution in [0.25, 0.3) is 11.3 Å². The molecule has 33 heavy (non-hydrogen) atoms. The van der Waals surface area contributed by atoms with Crippen molar-refractivity contribution in [3.63, 3.8) is 0 Å². The lowest BCUT2D eigenvalue weighted by molar-refractivity contribution is 0.0938. The average Bonchev–Trinajstić information content (AvgIpc) is 3.32. The number of amides is 1. The number of aromatic amines is 1. The Balaban J connectivity index is 1.43. The molecule has 4 rings (SSSR count). The van der Waals surface area contributed by atoms with E-state index in [1.807, 2.05) is 30.3 Å². The predicted octanol–water partition coefficient (Wildman–Crippen LogP) is 4.51. The minimum Gasteiger partial charge on any atom is -0.342 e. The van der Waals surface area contributed by atoms with Crippen molar-refractivity contribution in [2.24, 2.45) is 0 Å². The van der Waals surface area contributed by atoms with E-state index in [-0.39, 0.29) is 22.1 Å². The smallest absolute Gasteiger partial charge is 0.261 e. The molecule has 0 aliphatic carbocycles. The van der Waals surface area contributed by atoms with Crippen molar-refractivity contribution in [3.05, 3.63) is 102 Å². The van der Waals surface area contributed by atoms with Crippen molar-refractivity contribution in [2.45, 2.75) is 17.9 Å². The Hall–Kier alpha value is -3.98. The van der Waals surface area contributed by atoms with Gasteiger partial charge in [-0.3, -0.25) is 9.52 Å². The Kier molecular flexibility index (Phi) is 6.23. The molecule has 168 valence electrons. The fourth-order valence-corrected chi connectivity index (χ4v) is 4.27. The van der Waals surface area contributed by atoms with Crippen LogP contribution in [0.15, 0.2) is 90.0 Å². The number of aromatic nitrogens is 2. The lowest BCUT2D eigenvalue weighted by atomic mass is 10.2. The first-order valence-electron chi connectivity index (χ1n) is 10.1. The number of benzene rings is 3. The van der Waals surface area contributed by atoms with Crippen molar-refractivity contribution in [1.82, 2.24) is 15.3 Å². The van der Waals surface area contributed by atoms with E-state index in [9.17, 15) is 17.6 Å². The van der Waals surface area contributed by atoms with E-state index < -0.39 is 21.9 Å². The number of hydrogen-bond donors (Lipinski definition) is 3. The number of imidazole rings is 1. The van der Waals surface area contributed by atoms with E-state index in [0.717, 1.165) is 17.3 Å². The highest BCUT2D eigenvalue weighted by Gasteiger charge is 2.18. The van der Waals surface area contributed by atoms with Gasteiger partial charge in [-0.2, -0.15) is 0 Å². The second-order valence-electron chi connectivity index (χ2n) is 7.35. The number of rotatable bonds is 7. The normalized spacial score (nSPS) is 12.2. The molecular formula is C24H21FN4O3S. The number of para-hydroxylation sites is 1. The third-order valence-corrected chi connectivity index (χ3v) is 6.36. The average molecular weight is 465 g/mol. The first-order chi connectivity index (χ1) is 15.8. The molecule has 0 aliphatic rings. The van der Waals surface area contributed by atoms with Gasteiger partial charge in [0.2, 0.25) is 0 Å². The van der Waals surface area contributed by atoms with Crippen molar-refractivity contribution < 1.29 is 17.6 Å². The maximum absolute atomic E-state index is 13.8. The number of H-pyrrole nitrogens is 1. The van der Waals surface area contributed by atoms with Gasteiger partial charge in [0.1, 0.15) is 11.6 Å². The van der Waals surface area contributed by atoms with Gasteiger partial charge in [0.25, 0.3) is 15.9 Å². The summed E-state index contributed by atoms with van der Waals surface area (Å²) in [5.74, 6) is -0.471. The summed E-state index contributed by atoms with van der Waals surface area (Å²) in [7, 11) is -4.00. The lowest BCUT2D eigenvalue weighted by Gasteiger charge is -2.12. The van der Waals surface area contributed by atoms with Crippen LogP contribution in [0.1, 0.15) is 29.1 Å². The largest absolute Gasteiger partial charge is 0.342 e. The monoisotopic (exact) mass is 464 g/mol. The fourth-order valence-electron chi connectivity index (χ4n) is 3.20. The van der Waals surface area contributed by atoms with Crippen molar-refractivity contribution in [1.29, 1.82) is 0 Å². The number of sulfonamides is 1. The number of halogens is 1. The van der Waals surface area contributed by atoms with E-state index in [0.29, 0.717) is 5.82 Å². The fraction of sp³-hybridized carbons (Fsp3) is 0.0833. The molecule has 1 amide bonds. The van der Waals surface area contributed by atoms with Crippen molar-refractivity contribution in [3.8, 4) is 11.3 Å². The van der Waals surface area contributed by atoms with Crippen molar-refractivity contribution in [2.75, 3.05) is 4.72 Å². The van der Waals surface area contributed by atoms with E-state index in [1.165, 1.54) is 42.5 Å². The summed E-state index contributed by atoms with van der Waals surface area (Å²) in [4.78, 5) is 20.1. The second kappa shape index (κ2) is 9.25. The van der Waals surface area contributed by atoms with Gasteiger partial charge in [0.05, 0.1) is 28.5 Å². The summed E-state index contributed by atoms with van der Waals surface area (Å²) < 4.78 is 41.0. The molecule has 0 saturated heterocycles. The molecule has 3 N–H and O–H groups in total. The highest BCUT2D eigenvalue weighted by atomic mass is 32.2. The summed E-state index contributed by atoms with van der Waals surface area (Å²) in [5.41, 5.74) is 1.95. The van der Waals surface area contributed by atoms with Crippen LogP contribution in [0.4, 0.5) is 10.1 Å². The number of carbonyl (C=O) groups excluding carboxylic acids is 1. The van der Waals surface area contributed by atoms with Gasteiger partial charge in [-0.15, -0.1) is 0 Å². The van der Waals surface area contributed by atoms with Crippen LogP contribution in [0.3, 0.4) is 0 Å². The van der Waals surface area contributed by atoms with Crippen LogP contribution in [0.2, 0.25) is 0 Å². The molecule has 0 saturated carbocycles. The maximum atomic E-state index is 13.8. The Morgan fingerprint density at radius 3 is 2.33 bits per heavy atom. The Labute approximate surface area is 190 Å². The van der Waals surface area contributed by atoms with E-state index in [4.69, 9.17) is 0 Å². The standard InChI is InChI=1S/C24H21FN4O3S/c1-16(23-26-15-22(28-23)17-7-3-2-4-8-17)27-24(30)18-11-13-19(14-12-18)33(31,32)29-21-10-6-5-9-20(21)25/h2-16,29H,1H3,(H,26,28)(H,27,30). The van der Waals surface area contributed by atoms with Crippen LogP contribution in [0, 0.1) is 5.82 Å². The van der Waals surface area contributed by atoms with Crippen LogP contribution >= 0.6 is 0 Å². The van der Waals surface area contributed by atoms with Gasteiger partial charge in [-0.25, -0.2) is 17.8 Å². The maximum Gasteiger partial charge on any atom is 0.261 e. The van der Waals surface area contributed by atoms with E-state index in [1.54, 1.807) is 13.1 Å². The van der Waals surface area contributed by atoms with E-state index in [2.05, 4.69) is 20.0 Å². The number of nitrogens with one attached hydrogen (secondary N) is 3. The van der Waals surface area contributed by atoms with Crippen molar-refractivity contribution >= 4 is 21.6 Å². The van der Waals surface area contributed by atoms with Gasteiger partial charge in [0.15, 0.2) is 0 Å². The lowest BCUT2D eigenvalue weighted by Crippen LogP contribution is -2.27. The molecule has 0 radical (unpaired) electrons. The molecule has 1 atom stereocenters. The first kappa shape index (κ1) is 22.2. The summed E-state index contributed by atoms with van der Waals surface area (Å²) in [6.45, 7) is 1.79. The molecule has 3 aromatic carbocycles. The zero-order valence-electron chi connectivity index (χ0n) is 17.6. The molecule has 1 aromatic heterocycles. The predicted molar refractivity (Wildman–Crippen MR) is 124 cm³/mol. The summed E-state index contributed by atoms with van der Waals surface area (Å²) in [6.07, 6.45) is 1.70.